The molecule has 0 fully saturated rings. The first-order chi connectivity index (χ1) is 11.0. The highest BCUT2D eigenvalue weighted by atomic mass is 32.2. The van der Waals surface area contributed by atoms with E-state index in [9.17, 15) is 19.7 Å². The Morgan fingerprint density at radius 3 is 2.35 bits per heavy atom. The van der Waals surface area contributed by atoms with Gasteiger partial charge in [0.15, 0.2) is 0 Å². The number of hydrogen-bond acceptors (Lipinski definition) is 6. The number of nitrogen functional groups attached to an aromatic ring is 1. The van der Waals surface area contributed by atoms with Crippen LogP contribution >= 0.6 is 11.8 Å². The number of hydrogen-bond donors (Lipinski definition) is 2. The van der Waals surface area contributed by atoms with Crippen molar-refractivity contribution in [1.82, 2.24) is 4.98 Å². The van der Waals surface area contributed by atoms with Gasteiger partial charge in [-0.1, -0.05) is 23.9 Å². The third-order valence-electron chi connectivity index (χ3n) is 2.90. The predicted octanol–water partition coefficient (Wildman–Crippen LogP) is 1.79. The number of carbonyl (C=O) groups excluding carboxylic acids is 1. The SMILES string of the molecule is N#Cc1c(N)nc(SCC(N)=O)c(C#N)c1-c1ccc(F)cc1. The predicted molar refractivity (Wildman–Crippen MR) is 83.4 cm³/mol. The van der Waals surface area contributed by atoms with Crippen molar-refractivity contribution in [2.45, 2.75) is 5.03 Å². The highest BCUT2D eigenvalue weighted by molar-refractivity contribution is 8.00. The third-order valence-corrected chi connectivity index (χ3v) is 3.90. The summed E-state index contributed by atoms with van der Waals surface area (Å²) in [6, 6.07) is 9.18. The summed E-state index contributed by atoms with van der Waals surface area (Å²) in [5, 5.41) is 19.0. The quantitative estimate of drug-likeness (QED) is 0.823. The maximum atomic E-state index is 13.1. The molecule has 0 saturated heterocycles. The number of nitrogens with zero attached hydrogens (tertiary/aromatic N) is 3. The van der Waals surface area contributed by atoms with Crippen LogP contribution in [0.2, 0.25) is 0 Å². The highest BCUT2D eigenvalue weighted by Gasteiger charge is 2.20. The summed E-state index contributed by atoms with van der Waals surface area (Å²) in [5.41, 5.74) is 11.7. The Balaban J connectivity index is 2.71. The molecule has 2 aromatic rings. The van der Waals surface area contributed by atoms with Gasteiger partial charge in [0.05, 0.1) is 11.3 Å². The number of halogens is 1. The molecular weight excluding hydrogens is 317 g/mol. The molecule has 1 aromatic heterocycles. The minimum Gasteiger partial charge on any atom is -0.383 e. The summed E-state index contributed by atoms with van der Waals surface area (Å²) in [6.07, 6.45) is 0. The highest BCUT2D eigenvalue weighted by Crippen LogP contribution is 2.35. The van der Waals surface area contributed by atoms with Crippen LogP contribution in [0.5, 0.6) is 0 Å². The molecule has 0 atom stereocenters. The first kappa shape index (κ1) is 16.3. The van der Waals surface area contributed by atoms with E-state index in [0.29, 0.717) is 5.56 Å². The lowest BCUT2D eigenvalue weighted by molar-refractivity contribution is -0.115. The van der Waals surface area contributed by atoms with Crippen molar-refractivity contribution >= 4 is 23.5 Å². The first-order valence-corrected chi connectivity index (χ1v) is 7.27. The summed E-state index contributed by atoms with van der Waals surface area (Å²) in [7, 11) is 0. The van der Waals surface area contributed by atoms with E-state index in [4.69, 9.17) is 11.5 Å². The van der Waals surface area contributed by atoms with Crippen molar-refractivity contribution in [2.75, 3.05) is 11.5 Å². The average Bonchev–Trinajstić information content (AvgIpc) is 2.53. The Morgan fingerprint density at radius 1 is 1.22 bits per heavy atom. The second-order valence-corrected chi connectivity index (χ2v) is 5.38. The Kier molecular flexibility index (Phi) is 4.79. The summed E-state index contributed by atoms with van der Waals surface area (Å²) >= 11 is 0.953. The van der Waals surface area contributed by atoms with Crippen LogP contribution in [0.4, 0.5) is 10.2 Å². The second-order valence-electron chi connectivity index (χ2n) is 4.41. The number of aromatic nitrogens is 1. The number of primary amides is 1. The molecule has 1 amide bonds. The number of rotatable bonds is 4. The standard InChI is InChI=1S/C15H10FN5OS/c16-9-3-1-8(2-4-9)13-10(5-17)14(20)21-15(11(13)6-18)23-7-12(19)22/h1-4H,7H2,(H2,19,22)(H2,20,21). The van der Waals surface area contributed by atoms with Crippen LogP contribution in [0.15, 0.2) is 29.3 Å². The topological polar surface area (TPSA) is 130 Å². The van der Waals surface area contributed by atoms with Crippen LogP contribution in [-0.4, -0.2) is 16.6 Å². The molecule has 1 heterocycles. The molecular formula is C15H10FN5OS. The zero-order valence-electron chi connectivity index (χ0n) is 11.7. The minimum absolute atomic E-state index is 0.0246. The van der Waals surface area contributed by atoms with Crippen molar-refractivity contribution in [3.63, 3.8) is 0 Å². The molecule has 0 aliphatic heterocycles. The van der Waals surface area contributed by atoms with Crippen LogP contribution in [-0.2, 0) is 4.79 Å². The van der Waals surface area contributed by atoms with Gasteiger partial charge in [0, 0.05) is 5.56 Å². The molecule has 6 nitrogen and oxygen atoms in total. The Labute approximate surface area is 135 Å². The molecule has 8 heteroatoms. The lowest BCUT2D eigenvalue weighted by Crippen LogP contribution is -2.14. The van der Waals surface area contributed by atoms with Gasteiger partial charge < -0.3 is 11.5 Å². The van der Waals surface area contributed by atoms with Gasteiger partial charge in [0.1, 0.15) is 34.4 Å². The maximum Gasteiger partial charge on any atom is 0.227 e. The molecule has 2 rings (SSSR count). The van der Waals surface area contributed by atoms with Crippen molar-refractivity contribution in [3.8, 4) is 23.3 Å². The number of anilines is 1. The normalized spacial score (nSPS) is 9.87. The van der Waals surface area contributed by atoms with Crippen LogP contribution in [0.1, 0.15) is 11.1 Å². The van der Waals surface area contributed by atoms with Crippen LogP contribution < -0.4 is 11.5 Å². The number of benzene rings is 1. The van der Waals surface area contributed by atoms with Crippen molar-refractivity contribution < 1.29 is 9.18 Å². The van der Waals surface area contributed by atoms with E-state index in [2.05, 4.69) is 4.98 Å². The van der Waals surface area contributed by atoms with Crippen LogP contribution in [0.25, 0.3) is 11.1 Å². The Hall–Kier alpha value is -3.10. The molecule has 0 aliphatic rings. The van der Waals surface area contributed by atoms with Gasteiger partial charge in [-0.3, -0.25) is 4.79 Å². The zero-order valence-corrected chi connectivity index (χ0v) is 12.5. The van der Waals surface area contributed by atoms with Gasteiger partial charge >= 0.3 is 0 Å². The fourth-order valence-corrected chi connectivity index (χ4v) is 2.68. The fourth-order valence-electron chi connectivity index (χ4n) is 1.95. The van der Waals surface area contributed by atoms with E-state index in [1.54, 1.807) is 0 Å². The minimum atomic E-state index is -0.577. The molecule has 0 saturated carbocycles. The van der Waals surface area contributed by atoms with E-state index in [1.165, 1.54) is 24.3 Å². The van der Waals surface area contributed by atoms with E-state index in [-0.39, 0.29) is 33.3 Å². The number of pyridine rings is 1. The Bertz CT molecular complexity index is 852. The van der Waals surface area contributed by atoms with Crippen molar-refractivity contribution in [3.05, 3.63) is 41.2 Å². The number of nitrogens with two attached hydrogens (primary N) is 2. The molecule has 23 heavy (non-hydrogen) atoms. The lowest BCUT2D eigenvalue weighted by Gasteiger charge is -2.12. The summed E-state index contributed by atoms with van der Waals surface area (Å²) in [4.78, 5) is 14.9. The number of amides is 1. The van der Waals surface area contributed by atoms with Gasteiger partial charge in [0.25, 0.3) is 0 Å². The van der Waals surface area contributed by atoms with Gasteiger partial charge in [-0.05, 0) is 17.7 Å². The van der Waals surface area contributed by atoms with Crippen LogP contribution in [0.3, 0.4) is 0 Å². The summed E-state index contributed by atoms with van der Waals surface area (Å²) in [5.74, 6) is -1.18. The molecule has 0 aliphatic carbocycles. The first-order valence-electron chi connectivity index (χ1n) is 6.28. The van der Waals surface area contributed by atoms with Gasteiger partial charge in [-0.15, -0.1) is 0 Å². The van der Waals surface area contributed by atoms with E-state index in [0.717, 1.165) is 11.8 Å². The number of carbonyl (C=O) groups is 1. The van der Waals surface area contributed by atoms with E-state index < -0.39 is 11.7 Å². The van der Waals surface area contributed by atoms with Crippen molar-refractivity contribution in [1.29, 1.82) is 10.5 Å². The van der Waals surface area contributed by atoms with Crippen molar-refractivity contribution in [2.24, 2.45) is 5.73 Å². The van der Waals surface area contributed by atoms with Crippen LogP contribution in [0, 0.1) is 28.5 Å². The monoisotopic (exact) mass is 327 g/mol. The van der Waals surface area contributed by atoms with Gasteiger partial charge in [0.2, 0.25) is 5.91 Å². The largest absolute Gasteiger partial charge is 0.383 e. The molecule has 0 spiro atoms. The maximum absolute atomic E-state index is 13.1. The fraction of sp³-hybridized carbons (Fsp3) is 0.0667. The average molecular weight is 327 g/mol. The summed E-state index contributed by atoms with van der Waals surface area (Å²) < 4.78 is 13.1. The molecule has 0 bridgehead atoms. The molecule has 0 radical (unpaired) electrons. The van der Waals surface area contributed by atoms with E-state index >= 15 is 0 Å². The van der Waals surface area contributed by atoms with Gasteiger partial charge in [-0.2, -0.15) is 10.5 Å². The smallest absolute Gasteiger partial charge is 0.227 e. The molecule has 0 unspecified atom stereocenters. The molecule has 1 aromatic carbocycles. The molecule has 4 N–H and O–H groups in total. The number of nitriles is 2. The third kappa shape index (κ3) is 3.39. The Morgan fingerprint density at radius 2 is 1.83 bits per heavy atom. The second kappa shape index (κ2) is 6.77. The molecule has 114 valence electrons. The zero-order chi connectivity index (χ0) is 17.0. The van der Waals surface area contributed by atoms with Gasteiger partial charge in [-0.25, -0.2) is 9.37 Å². The number of thioether (sulfide) groups is 1. The van der Waals surface area contributed by atoms with E-state index in [1.807, 2.05) is 12.1 Å². The summed E-state index contributed by atoms with van der Waals surface area (Å²) in [6.45, 7) is 0. The lowest BCUT2D eigenvalue weighted by atomic mass is 9.97.